The number of hydrogen-bond donors (Lipinski definition) is 1. The maximum absolute atomic E-state index is 4.87. The van der Waals surface area contributed by atoms with Gasteiger partial charge in [-0.15, -0.1) is 6.58 Å². The van der Waals surface area contributed by atoms with Crippen LogP contribution in [-0.2, 0) is 12.8 Å². The topological polar surface area (TPSA) is 40.0 Å². The van der Waals surface area contributed by atoms with Crippen molar-refractivity contribution in [1.29, 1.82) is 0 Å². The number of nitrogens with one attached hydrogen (secondary N) is 1. The zero-order chi connectivity index (χ0) is 32.7. The van der Waals surface area contributed by atoms with Crippen LogP contribution in [0, 0.1) is 11.8 Å². The molecule has 0 aromatic heterocycles. The van der Waals surface area contributed by atoms with Gasteiger partial charge in [-0.2, -0.15) is 0 Å². The lowest BCUT2D eigenvalue weighted by Crippen LogP contribution is -2.29. The van der Waals surface area contributed by atoms with E-state index in [0.717, 1.165) is 74.0 Å². The molecule has 0 amide bonds. The Labute approximate surface area is 271 Å². The summed E-state index contributed by atoms with van der Waals surface area (Å²) in [6.45, 7) is 29.4. The van der Waals surface area contributed by atoms with Gasteiger partial charge in [0.2, 0.25) is 0 Å². The van der Waals surface area contributed by atoms with Crippen molar-refractivity contribution in [2.45, 2.75) is 113 Å². The number of unbranched alkanes of at least 4 members (excludes halogenated alkanes) is 1. The number of anilines is 1. The first-order valence-corrected chi connectivity index (χ1v) is 17.4. The second-order valence-corrected chi connectivity index (χ2v) is 11.7. The third kappa shape index (κ3) is 16.1. The first-order valence-electron chi connectivity index (χ1n) is 17.4. The molecule has 2 aliphatic carbocycles. The highest BCUT2D eigenvalue weighted by molar-refractivity contribution is 5.86. The van der Waals surface area contributed by atoms with E-state index >= 15 is 0 Å². The summed E-state index contributed by atoms with van der Waals surface area (Å²) in [6, 6.07) is 15.1. The van der Waals surface area contributed by atoms with Crippen molar-refractivity contribution in [3.05, 3.63) is 78.5 Å². The largest absolute Gasteiger partial charge is 0.383 e. The van der Waals surface area contributed by atoms with Crippen LogP contribution in [-0.4, -0.2) is 37.0 Å². The van der Waals surface area contributed by atoms with Crippen molar-refractivity contribution >= 4 is 29.5 Å². The molecule has 0 aliphatic heterocycles. The maximum atomic E-state index is 4.87. The summed E-state index contributed by atoms with van der Waals surface area (Å²) >= 11 is 0. The summed E-state index contributed by atoms with van der Waals surface area (Å²) in [5, 5.41) is 3.46. The minimum Gasteiger partial charge on any atom is -0.383 e. The van der Waals surface area contributed by atoms with E-state index in [0.29, 0.717) is 5.92 Å². The summed E-state index contributed by atoms with van der Waals surface area (Å²) in [6.07, 6.45) is 14.3. The highest BCUT2D eigenvalue weighted by Crippen LogP contribution is 2.37. The van der Waals surface area contributed by atoms with Crippen LogP contribution in [0.5, 0.6) is 0 Å². The fourth-order valence-corrected chi connectivity index (χ4v) is 4.44. The minimum absolute atomic E-state index is 0.700. The van der Waals surface area contributed by atoms with E-state index in [2.05, 4.69) is 112 Å². The van der Waals surface area contributed by atoms with Crippen LogP contribution in [0.15, 0.2) is 77.4 Å². The number of rotatable bonds is 16. The van der Waals surface area contributed by atoms with E-state index in [9.17, 15) is 0 Å². The van der Waals surface area contributed by atoms with Gasteiger partial charge < -0.3 is 10.2 Å². The number of nitrogens with zero attached hydrogens (tertiary/aromatic N) is 3. The number of allylic oxidation sites excluding steroid dienone is 2. The van der Waals surface area contributed by atoms with Crippen molar-refractivity contribution in [1.82, 2.24) is 4.90 Å². The standard InChI is InChI=1S/C29H40N4.C5H8.C4H10.C2H6/c1-6-18-31-29-20-25(12-17-28(29)30-5)9-8-24-10-15-27(16-11-24)32-22(3)21-33(19-7-2)23(4)26-13-14-26;1-2-5-3-4-5;1-3-4-2;1-2/h10-12,15-17,20,26,31H,4-9,13-14,18-19,21H2,1-3H3;2,5H,1,3-4H2;3-4H2,1-2H3;1-2H3. The molecule has 0 bridgehead atoms. The monoisotopic (exact) mass is 601 g/mol. The molecule has 0 heterocycles. The summed E-state index contributed by atoms with van der Waals surface area (Å²) < 4.78 is 0. The molecule has 4 nitrogen and oxygen atoms in total. The van der Waals surface area contributed by atoms with Gasteiger partial charge in [-0.25, -0.2) is 0 Å². The van der Waals surface area contributed by atoms with Crippen molar-refractivity contribution in [2.24, 2.45) is 21.8 Å². The predicted octanol–water partition coefficient (Wildman–Crippen LogP) is 11.8. The lowest BCUT2D eigenvalue weighted by atomic mass is 10.0. The molecule has 244 valence electrons. The Morgan fingerprint density at radius 2 is 1.50 bits per heavy atom. The van der Waals surface area contributed by atoms with Crippen LogP contribution in [0.1, 0.15) is 111 Å². The number of benzene rings is 2. The van der Waals surface area contributed by atoms with E-state index in [1.807, 2.05) is 19.9 Å². The van der Waals surface area contributed by atoms with Crippen LogP contribution >= 0.6 is 0 Å². The minimum atomic E-state index is 0.700. The average Bonchev–Trinajstić information content (AvgIpc) is 3.98. The van der Waals surface area contributed by atoms with E-state index in [4.69, 9.17) is 4.99 Å². The lowest BCUT2D eigenvalue weighted by molar-refractivity contribution is 0.371. The summed E-state index contributed by atoms with van der Waals surface area (Å²) in [5.74, 6) is 1.60. The molecule has 2 aromatic carbocycles. The van der Waals surface area contributed by atoms with E-state index in [1.54, 1.807) is 0 Å². The Kier molecular flexibility index (Phi) is 20.6. The van der Waals surface area contributed by atoms with Gasteiger partial charge >= 0.3 is 0 Å². The van der Waals surface area contributed by atoms with Gasteiger partial charge in [0, 0.05) is 24.5 Å². The second kappa shape index (κ2) is 23.3. The Bertz CT molecular complexity index is 1100. The first-order chi connectivity index (χ1) is 21.4. The van der Waals surface area contributed by atoms with Crippen molar-refractivity contribution in [3.63, 3.8) is 0 Å². The highest BCUT2D eigenvalue weighted by Gasteiger charge is 2.28. The quantitative estimate of drug-likeness (QED) is 0.154. The van der Waals surface area contributed by atoms with Gasteiger partial charge in [0.25, 0.3) is 0 Å². The zero-order valence-corrected chi connectivity index (χ0v) is 29.4. The molecule has 0 spiro atoms. The van der Waals surface area contributed by atoms with Gasteiger partial charge in [-0.3, -0.25) is 9.98 Å². The molecule has 0 atom stereocenters. The molecular formula is C40H64N4. The van der Waals surface area contributed by atoms with Crippen molar-refractivity contribution in [3.8, 4) is 0 Å². The molecule has 2 aliphatic rings. The number of aryl methyl sites for hydroxylation is 2. The van der Waals surface area contributed by atoms with Crippen LogP contribution in [0.3, 0.4) is 0 Å². The molecule has 0 unspecified atom stereocenters. The lowest BCUT2D eigenvalue weighted by Gasteiger charge is -2.26. The Hall–Kier alpha value is -3.14. The number of hydrogen-bond acceptors (Lipinski definition) is 4. The Morgan fingerprint density at radius 3 is 1.98 bits per heavy atom. The Morgan fingerprint density at radius 1 is 0.886 bits per heavy atom. The first kappa shape index (κ1) is 38.9. The van der Waals surface area contributed by atoms with Gasteiger partial charge in [0.05, 0.1) is 23.6 Å². The smallest absolute Gasteiger partial charge is 0.0853 e. The van der Waals surface area contributed by atoms with E-state index in [1.165, 1.54) is 55.3 Å². The van der Waals surface area contributed by atoms with Crippen LogP contribution in [0.25, 0.3) is 0 Å². The second-order valence-electron chi connectivity index (χ2n) is 11.7. The fourth-order valence-electron chi connectivity index (χ4n) is 4.44. The zero-order valence-electron chi connectivity index (χ0n) is 29.4. The van der Waals surface area contributed by atoms with Gasteiger partial charge in [-0.1, -0.05) is 85.2 Å². The Balaban J connectivity index is 0.000000750. The van der Waals surface area contributed by atoms with Crippen LogP contribution in [0.4, 0.5) is 17.1 Å². The molecule has 2 aromatic rings. The van der Waals surface area contributed by atoms with Crippen LogP contribution < -0.4 is 5.32 Å². The van der Waals surface area contributed by atoms with Crippen LogP contribution in [0.2, 0.25) is 0 Å². The average molecular weight is 601 g/mol. The van der Waals surface area contributed by atoms with Crippen molar-refractivity contribution in [2.75, 3.05) is 25.0 Å². The number of aliphatic imine (C=N–C) groups is 2. The molecular weight excluding hydrogens is 536 g/mol. The molecule has 4 rings (SSSR count). The molecule has 2 saturated carbocycles. The molecule has 4 heteroatoms. The summed E-state index contributed by atoms with van der Waals surface area (Å²) in [5.41, 5.74) is 8.10. The van der Waals surface area contributed by atoms with Gasteiger partial charge in [-0.05, 0) is 112 Å². The normalized spacial score (nSPS) is 13.6. The van der Waals surface area contributed by atoms with Gasteiger partial charge in [0.15, 0.2) is 0 Å². The highest BCUT2D eigenvalue weighted by atomic mass is 15.1. The van der Waals surface area contributed by atoms with Crippen molar-refractivity contribution < 1.29 is 0 Å². The molecule has 0 saturated heterocycles. The SMILES string of the molecule is C=CC1CC1.C=Nc1ccc(CCc2ccc(N=C(C)CN(CCC)C(=C)C3CC3)cc2)cc1NCCC.CC.CCCC. The third-order valence-corrected chi connectivity index (χ3v) is 7.58. The summed E-state index contributed by atoms with van der Waals surface area (Å²) in [4.78, 5) is 11.4. The molecule has 2 fully saturated rings. The van der Waals surface area contributed by atoms with E-state index in [-0.39, 0.29) is 0 Å². The fraction of sp³-hybridized carbons (Fsp3) is 0.550. The predicted molar refractivity (Wildman–Crippen MR) is 200 cm³/mol. The van der Waals surface area contributed by atoms with Gasteiger partial charge in [0.1, 0.15) is 0 Å². The maximum Gasteiger partial charge on any atom is 0.0853 e. The van der Waals surface area contributed by atoms with E-state index < -0.39 is 0 Å². The summed E-state index contributed by atoms with van der Waals surface area (Å²) in [7, 11) is 0. The molecule has 0 radical (unpaired) electrons. The molecule has 1 N–H and O–H groups in total. The molecule has 44 heavy (non-hydrogen) atoms. The third-order valence-electron chi connectivity index (χ3n) is 7.58.